The van der Waals surface area contributed by atoms with Gasteiger partial charge in [-0.3, -0.25) is 0 Å². The maximum absolute atomic E-state index is 5.59. The van der Waals surface area contributed by atoms with Crippen molar-refractivity contribution in [2.24, 2.45) is 5.84 Å². The van der Waals surface area contributed by atoms with Gasteiger partial charge in [0.1, 0.15) is 5.82 Å². The van der Waals surface area contributed by atoms with Gasteiger partial charge in [-0.25, -0.2) is 10.8 Å². The van der Waals surface area contributed by atoms with E-state index < -0.39 is 0 Å². The average Bonchev–Trinajstić information content (AvgIpc) is 1.88. The van der Waals surface area contributed by atoms with E-state index in [4.69, 9.17) is 17.4 Å². The zero-order chi connectivity index (χ0) is 6.69. The molecule has 0 saturated heterocycles. The van der Waals surface area contributed by atoms with Gasteiger partial charge >= 0.3 is 0 Å². The molecular weight excluding hydrogens is 208 g/mol. The predicted octanol–water partition coefficient (Wildman–Crippen LogP) is 1.86. The van der Waals surface area contributed by atoms with Crippen LogP contribution in [0.25, 0.3) is 0 Å². The summed E-state index contributed by atoms with van der Waals surface area (Å²) in [5.41, 5.74) is 2.37. The molecule has 0 radical (unpaired) electrons. The number of hydrogen-bond donors (Lipinski definition) is 2. The van der Waals surface area contributed by atoms with Gasteiger partial charge in [0.15, 0.2) is 0 Å². The van der Waals surface area contributed by atoms with Crippen LogP contribution in [0.3, 0.4) is 0 Å². The van der Waals surface area contributed by atoms with Gasteiger partial charge in [0.25, 0.3) is 0 Å². The first kappa shape index (κ1) is 13.4. The molecule has 0 saturated carbocycles. The fourth-order valence-electron chi connectivity index (χ4n) is 0.484. The van der Waals surface area contributed by atoms with Crippen LogP contribution in [0.15, 0.2) is 18.3 Å². The lowest BCUT2D eigenvalue weighted by molar-refractivity contribution is 1.23. The smallest absolute Gasteiger partial charge is 0.141 e. The Hall–Kier alpha value is -0.220. The molecule has 3 nitrogen and oxygen atoms in total. The second-order valence-electron chi connectivity index (χ2n) is 1.50. The fourth-order valence-corrected chi connectivity index (χ4v) is 0.643. The van der Waals surface area contributed by atoms with Gasteiger partial charge in [-0.05, 0) is 6.07 Å². The van der Waals surface area contributed by atoms with Gasteiger partial charge in [0.05, 0.1) is 0 Å². The second kappa shape index (κ2) is 6.49. The SMILES string of the molecule is Cl.Cl.NNc1cc(Cl)ccn1. The highest BCUT2D eigenvalue weighted by Gasteiger charge is 1.88. The number of aromatic nitrogens is 1. The van der Waals surface area contributed by atoms with E-state index in [-0.39, 0.29) is 24.8 Å². The Morgan fingerprint density at radius 2 is 2.09 bits per heavy atom. The van der Waals surface area contributed by atoms with Crippen LogP contribution in [0.5, 0.6) is 0 Å². The van der Waals surface area contributed by atoms with E-state index >= 15 is 0 Å². The molecule has 0 unspecified atom stereocenters. The number of nitrogen functional groups attached to an aromatic ring is 1. The Balaban J connectivity index is 0. The van der Waals surface area contributed by atoms with E-state index in [1.165, 1.54) is 0 Å². The number of nitrogens with zero attached hydrogens (tertiary/aromatic N) is 1. The Morgan fingerprint density at radius 3 is 2.45 bits per heavy atom. The summed E-state index contributed by atoms with van der Waals surface area (Å²) in [6.07, 6.45) is 1.58. The van der Waals surface area contributed by atoms with Crippen LogP contribution in [0.1, 0.15) is 0 Å². The number of anilines is 1. The molecule has 1 aromatic rings. The normalized spacial score (nSPS) is 7.45. The van der Waals surface area contributed by atoms with Crippen molar-refractivity contribution in [1.29, 1.82) is 0 Å². The Labute approximate surface area is 82.1 Å². The number of nitrogens with one attached hydrogen (secondary N) is 1. The number of nitrogens with two attached hydrogens (primary N) is 1. The van der Waals surface area contributed by atoms with Crippen molar-refractivity contribution in [1.82, 2.24) is 4.98 Å². The average molecular weight is 216 g/mol. The van der Waals surface area contributed by atoms with Crippen molar-refractivity contribution < 1.29 is 0 Å². The highest BCUT2D eigenvalue weighted by atomic mass is 35.5. The zero-order valence-electron chi connectivity index (χ0n) is 5.45. The summed E-state index contributed by atoms with van der Waals surface area (Å²) in [4.78, 5) is 3.84. The maximum atomic E-state index is 5.59. The molecule has 0 spiro atoms. The summed E-state index contributed by atoms with van der Waals surface area (Å²) in [6.45, 7) is 0. The molecule has 3 N–H and O–H groups in total. The Morgan fingerprint density at radius 1 is 1.45 bits per heavy atom. The minimum atomic E-state index is 0. The van der Waals surface area contributed by atoms with Crippen molar-refractivity contribution in [3.63, 3.8) is 0 Å². The van der Waals surface area contributed by atoms with Crippen LogP contribution in [-0.4, -0.2) is 4.98 Å². The van der Waals surface area contributed by atoms with Gasteiger partial charge in [-0.15, -0.1) is 24.8 Å². The third-order valence-corrected chi connectivity index (χ3v) is 1.10. The third kappa shape index (κ3) is 4.27. The molecule has 0 aromatic carbocycles. The van der Waals surface area contributed by atoms with Crippen LogP contribution in [0, 0.1) is 0 Å². The molecule has 64 valence electrons. The minimum Gasteiger partial charge on any atom is -0.308 e. The van der Waals surface area contributed by atoms with Crippen LogP contribution in [-0.2, 0) is 0 Å². The van der Waals surface area contributed by atoms with E-state index in [9.17, 15) is 0 Å². The number of pyridine rings is 1. The van der Waals surface area contributed by atoms with E-state index in [0.717, 1.165) is 0 Å². The molecule has 0 amide bonds. The summed E-state index contributed by atoms with van der Waals surface area (Å²) in [5.74, 6) is 5.62. The van der Waals surface area contributed by atoms with E-state index in [0.29, 0.717) is 10.8 Å². The van der Waals surface area contributed by atoms with Crippen LogP contribution >= 0.6 is 36.4 Å². The molecular formula is C5H8Cl3N3. The summed E-state index contributed by atoms with van der Waals surface area (Å²) in [6, 6.07) is 3.32. The molecule has 0 fully saturated rings. The first-order valence-electron chi connectivity index (χ1n) is 2.41. The number of halogens is 3. The number of hydrogen-bond acceptors (Lipinski definition) is 3. The van der Waals surface area contributed by atoms with Crippen molar-refractivity contribution in [2.75, 3.05) is 5.43 Å². The van der Waals surface area contributed by atoms with Crippen molar-refractivity contribution >= 4 is 42.2 Å². The van der Waals surface area contributed by atoms with E-state index in [2.05, 4.69) is 10.4 Å². The highest BCUT2D eigenvalue weighted by Crippen LogP contribution is 2.09. The molecule has 0 aliphatic rings. The zero-order valence-corrected chi connectivity index (χ0v) is 7.84. The van der Waals surface area contributed by atoms with Crippen molar-refractivity contribution in [3.05, 3.63) is 23.4 Å². The van der Waals surface area contributed by atoms with Gasteiger partial charge in [-0.1, -0.05) is 11.6 Å². The Bertz CT molecular complexity index is 206. The van der Waals surface area contributed by atoms with Crippen molar-refractivity contribution in [2.45, 2.75) is 0 Å². The molecule has 0 aliphatic heterocycles. The molecule has 1 rings (SSSR count). The highest BCUT2D eigenvalue weighted by molar-refractivity contribution is 6.30. The number of hydrazine groups is 1. The van der Waals surface area contributed by atoms with Crippen molar-refractivity contribution in [3.8, 4) is 0 Å². The quantitative estimate of drug-likeness (QED) is 0.557. The first-order chi connectivity index (χ1) is 4.33. The van der Waals surface area contributed by atoms with Gasteiger partial charge < -0.3 is 5.43 Å². The lowest BCUT2D eigenvalue weighted by Gasteiger charge is -1.95. The van der Waals surface area contributed by atoms with Crippen LogP contribution in [0.4, 0.5) is 5.82 Å². The first-order valence-corrected chi connectivity index (χ1v) is 2.79. The third-order valence-electron chi connectivity index (χ3n) is 0.870. The van der Waals surface area contributed by atoms with E-state index in [1.54, 1.807) is 18.3 Å². The maximum Gasteiger partial charge on any atom is 0.141 e. The second-order valence-corrected chi connectivity index (χ2v) is 1.94. The largest absolute Gasteiger partial charge is 0.308 e. The van der Waals surface area contributed by atoms with Gasteiger partial charge in [0, 0.05) is 17.3 Å². The number of rotatable bonds is 1. The van der Waals surface area contributed by atoms with Gasteiger partial charge in [0.2, 0.25) is 0 Å². The minimum absolute atomic E-state index is 0. The molecule has 1 heterocycles. The summed E-state index contributed by atoms with van der Waals surface area (Å²) >= 11 is 5.59. The standard InChI is InChI=1S/C5H6ClN3.2ClH/c6-4-1-2-8-5(3-4)9-7;;/h1-3H,7H2,(H,8,9);2*1H. The molecule has 1 aromatic heterocycles. The Kier molecular flexibility index (Phi) is 7.89. The molecule has 0 atom stereocenters. The van der Waals surface area contributed by atoms with Crippen LogP contribution in [0.2, 0.25) is 5.02 Å². The lowest BCUT2D eigenvalue weighted by atomic mass is 10.5. The molecule has 0 aliphatic carbocycles. The van der Waals surface area contributed by atoms with E-state index in [1.807, 2.05) is 0 Å². The fraction of sp³-hybridized carbons (Fsp3) is 0. The lowest BCUT2D eigenvalue weighted by Crippen LogP contribution is -2.07. The molecule has 11 heavy (non-hydrogen) atoms. The predicted molar refractivity (Wildman–Crippen MR) is 51.6 cm³/mol. The molecule has 6 heteroatoms. The van der Waals surface area contributed by atoms with Gasteiger partial charge in [-0.2, -0.15) is 0 Å². The molecule has 0 bridgehead atoms. The summed E-state index contributed by atoms with van der Waals surface area (Å²) in [7, 11) is 0. The topological polar surface area (TPSA) is 50.9 Å². The monoisotopic (exact) mass is 215 g/mol. The van der Waals surface area contributed by atoms with Crippen LogP contribution < -0.4 is 11.3 Å². The summed E-state index contributed by atoms with van der Waals surface area (Å²) < 4.78 is 0. The summed E-state index contributed by atoms with van der Waals surface area (Å²) in [5, 5.41) is 0.623.